The Morgan fingerprint density at radius 1 is 0.538 bits per heavy atom. The van der Waals surface area contributed by atoms with Gasteiger partial charge in [0.15, 0.2) is 0 Å². The molecule has 0 fully saturated rings. The first kappa shape index (κ1) is 23.9. The van der Waals surface area contributed by atoms with E-state index in [-0.39, 0.29) is 23.6 Å². The van der Waals surface area contributed by atoms with Gasteiger partial charge in [-0.05, 0) is 6.42 Å². The summed E-state index contributed by atoms with van der Waals surface area (Å²) >= 11 is 0. The minimum atomic E-state index is -0.0956. The lowest BCUT2D eigenvalue weighted by atomic mass is 10.3. The van der Waals surface area contributed by atoms with Gasteiger partial charge in [0, 0.05) is 80.6 Å². The smallest absolute Gasteiger partial charge is 0.219 e. The molecule has 0 unspecified atom stereocenters. The second-order valence-electron chi connectivity index (χ2n) is 6.46. The number of rotatable bonds is 11. The average Bonchev–Trinajstić information content (AvgIpc) is 2.54. The molecule has 0 radical (unpaired) electrons. The molecule has 150 valence electrons. The second kappa shape index (κ2) is 12.3. The summed E-state index contributed by atoms with van der Waals surface area (Å²) < 4.78 is 0. The quantitative estimate of drug-likeness (QED) is 0.528. The fourth-order valence-electron chi connectivity index (χ4n) is 2.46. The van der Waals surface area contributed by atoms with Gasteiger partial charge in [0.25, 0.3) is 0 Å². The molecule has 0 aromatic heterocycles. The highest BCUT2D eigenvalue weighted by Gasteiger charge is 2.16. The molecule has 0 spiro atoms. The molecule has 0 aliphatic rings. The molecule has 8 nitrogen and oxygen atoms in total. The van der Waals surface area contributed by atoms with E-state index in [0.29, 0.717) is 45.8 Å². The molecule has 0 aromatic carbocycles. The zero-order valence-corrected chi connectivity index (χ0v) is 17.1. The Morgan fingerprint density at radius 2 is 0.846 bits per heavy atom. The third-order valence-corrected chi connectivity index (χ3v) is 4.35. The number of carbonyl (C=O) groups excluding carboxylic acids is 4. The van der Waals surface area contributed by atoms with Gasteiger partial charge in [0.2, 0.25) is 23.6 Å². The van der Waals surface area contributed by atoms with Crippen molar-refractivity contribution in [2.45, 2.75) is 41.0 Å². The zero-order valence-electron chi connectivity index (χ0n) is 17.1. The van der Waals surface area contributed by atoms with E-state index in [1.165, 1.54) is 27.7 Å². The van der Waals surface area contributed by atoms with Crippen LogP contribution in [0.5, 0.6) is 0 Å². The van der Waals surface area contributed by atoms with Gasteiger partial charge < -0.3 is 19.6 Å². The molecule has 0 N–H and O–H groups in total. The first-order chi connectivity index (χ1) is 12.1. The third kappa shape index (κ3) is 9.39. The standard InChI is InChI=1S/C18H34N4O4/c1-7-8-20(16(3)24)11-12-22(18(5)26)14-13-21(17(4)25)10-9-19(6)15(2)23/h7-14H2,1-6H3. The maximum Gasteiger partial charge on any atom is 0.219 e. The van der Waals surface area contributed by atoms with E-state index >= 15 is 0 Å². The van der Waals surface area contributed by atoms with E-state index < -0.39 is 0 Å². The lowest BCUT2D eigenvalue weighted by Crippen LogP contribution is -2.45. The van der Waals surface area contributed by atoms with Gasteiger partial charge in [-0.3, -0.25) is 19.2 Å². The van der Waals surface area contributed by atoms with Crippen LogP contribution < -0.4 is 0 Å². The summed E-state index contributed by atoms with van der Waals surface area (Å²) in [5.41, 5.74) is 0. The molecular weight excluding hydrogens is 336 g/mol. The highest BCUT2D eigenvalue weighted by atomic mass is 16.2. The fraction of sp³-hybridized carbons (Fsp3) is 0.778. The van der Waals surface area contributed by atoms with Gasteiger partial charge in [0.05, 0.1) is 0 Å². The van der Waals surface area contributed by atoms with Crippen LogP contribution in [0.25, 0.3) is 0 Å². The van der Waals surface area contributed by atoms with Gasteiger partial charge >= 0.3 is 0 Å². The van der Waals surface area contributed by atoms with E-state index in [0.717, 1.165) is 6.42 Å². The maximum absolute atomic E-state index is 11.9. The van der Waals surface area contributed by atoms with E-state index in [9.17, 15) is 19.2 Å². The lowest BCUT2D eigenvalue weighted by Gasteiger charge is -2.29. The first-order valence-electron chi connectivity index (χ1n) is 9.08. The third-order valence-electron chi connectivity index (χ3n) is 4.35. The van der Waals surface area contributed by atoms with E-state index in [1.54, 1.807) is 26.6 Å². The summed E-state index contributed by atoms with van der Waals surface area (Å²) in [7, 11) is 1.69. The average molecular weight is 370 g/mol. The van der Waals surface area contributed by atoms with Crippen molar-refractivity contribution in [1.82, 2.24) is 19.6 Å². The number of carbonyl (C=O) groups is 4. The van der Waals surface area contributed by atoms with Crippen molar-refractivity contribution >= 4 is 23.6 Å². The molecule has 0 bridgehead atoms. The van der Waals surface area contributed by atoms with Crippen LogP contribution in [0.15, 0.2) is 0 Å². The van der Waals surface area contributed by atoms with Crippen LogP contribution >= 0.6 is 0 Å². The monoisotopic (exact) mass is 370 g/mol. The first-order valence-corrected chi connectivity index (χ1v) is 9.08. The van der Waals surface area contributed by atoms with Crippen molar-refractivity contribution in [3.05, 3.63) is 0 Å². The topological polar surface area (TPSA) is 81.2 Å². The number of likely N-dealkylation sites (N-methyl/N-ethyl adjacent to an activating group) is 1. The van der Waals surface area contributed by atoms with E-state index in [4.69, 9.17) is 0 Å². The van der Waals surface area contributed by atoms with Crippen molar-refractivity contribution < 1.29 is 19.2 Å². The molecule has 0 saturated carbocycles. The number of nitrogens with zero attached hydrogens (tertiary/aromatic N) is 4. The van der Waals surface area contributed by atoms with Gasteiger partial charge in [-0.25, -0.2) is 0 Å². The Labute approximate surface area is 157 Å². The van der Waals surface area contributed by atoms with Gasteiger partial charge in [-0.2, -0.15) is 0 Å². The number of amides is 4. The second-order valence-corrected chi connectivity index (χ2v) is 6.46. The molecule has 0 saturated heterocycles. The minimum Gasteiger partial charge on any atom is -0.344 e. The Kier molecular flexibility index (Phi) is 11.3. The molecule has 0 aliphatic carbocycles. The van der Waals surface area contributed by atoms with Crippen LogP contribution in [-0.2, 0) is 19.2 Å². The molecule has 8 heteroatoms. The Bertz CT molecular complexity index is 496. The van der Waals surface area contributed by atoms with Crippen molar-refractivity contribution in [2.75, 3.05) is 52.9 Å². The van der Waals surface area contributed by atoms with Crippen molar-refractivity contribution in [2.24, 2.45) is 0 Å². The normalized spacial score (nSPS) is 10.2. The van der Waals surface area contributed by atoms with Crippen LogP contribution in [0.4, 0.5) is 0 Å². The summed E-state index contributed by atoms with van der Waals surface area (Å²) in [5.74, 6) is -0.247. The predicted molar refractivity (Wildman–Crippen MR) is 100 cm³/mol. The lowest BCUT2D eigenvalue weighted by molar-refractivity contribution is -0.135. The fourth-order valence-corrected chi connectivity index (χ4v) is 2.46. The Balaban J connectivity index is 4.66. The van der Waals surface area contributed by atoms with Crippen LogP contribution in [-0.4, -0.2) is 96.1 Å². The maximum atomic E-state index is 11.9. The summed E-state index contributed by atoms with van der Waals surface area (Å²) in [5, 5.41) is 0. The molecule has 4 amide bonds. The number of hydrogen-bond donors (Lipinski definition) is 0. The molecule has 0 heterocycles. The van der Waals surface area contributed by atoms with E-state index in [1.807, 2.05) is 6.92 Å². The summed E-state index contributed by atoms with van der Waals surface area (Å²) in [6.45, 7) is 11.2. The van der Waals surface area contributed by atoms with Crippen LogP contribution in [0.1, 0.15) is 41.0 Å². The minimum absolute atomic E-state index is 0.00650. The molecular formula is C18H34N4O4. The van der Waals surface area contributed by atoms with Gasteiger partial charge in [0.1, 0.15) is 0 Å². The molecule has 0 aliphatic heterocycles. The summed E-state index contributed by atoms with van der Waals surface area (Å²) in [6, 6.07) is 0. The van der Waals surface area contributed by atoms with Crippen molar-refractivity contribution in [3.8, 4) is 0 Å². The number of hydrogen-bond acceptors (Lipinski definition) is 4. The summed E-state index contributed by atoms with van der Waals surface area (Å²) in [6.07, 6.45) is 0.863. The molecule has 0 atom stereocenters. The molecule has 26 heavy (non-hydrogen) atoms. The Morgan fingerprint density at radius 3 is 1.12 bits per heavy atom. The van der Waals surface area contributed by atoms with Crippen LogP contribution in [0.2, 0.25) is 0 Å². The molecule has 0 rings (SSSR count). The Hall–Kier alpha value is -2.12. The van der Waals surface area contributed by atoms with Crippen molar-refractivity contribution in [1.29, 1.82) is 0 Å². The van der Waals surface area contributed by atoms with Gasteiger partial charge in [-0.15, -0.1) is 0 Å². The largest absolute Gasteiger partial charge is 0.344 e. The zero-order chi connectivity index (χ0) is 20.3. The predicted octanol–water partition coefficient (Wildman–Crippen LogP) is 0.420. The van der Waals surface area contributed by atoms with E-state index in [2.05, 4.69) is 0 Å². The van der Waals surface area contributed by atoms with Crippen LogP contribution in [0, 0.1) is 0 Å². The highest BCUT2D eigenvalue weighted by molar-refractivity contribution is 5.75. The highest BCUT2D eigenvalue weighted by Crippen LogP contribution is 1.99. The SMILES string of the molecule is CCCN(CCN(CCN(CCN(C)C(C)=O)C(C)=O)C(C)=O)C(C)=O. The van der Waals surface area contributed by atoms with Crippen molar-refractivity contribution in [3.63, 3.8) is 0 Å². The van der Waals surface area contributed by atoms with Gasteiger partial charge in [-0.1, -0.05) is 6.92 Å². The molecule has 0 aromatic rings. The van der Waals surface area contributed by atoms with Crippen LogP contribution in [0.3, 0.4) is 0 Å². The summed E-state index contributed by atoms with van der Waals surface area (Å²) in [4.78, 5) is 53.1.